The highest BCUT2D eigenvalue weighted by Crippen LogP contribution is 2.17. The summed E-state index contributed by atoms with van der Waals surface area (Å²) in [7, 11) is 1.86. The molecule has 0 saturated heterocycles. The predicted molar refractivity (Wildman–Crippen MR) is 103 cm³/mol. The van der Waals surface area contributed by atoms with Gasteiger partial charge in [-0.3, -0.25) is 4.68 Å². The van der Waals surface area contributed by atoms with Gasteiger partial charge >= 0.3 is 5.97 Å². The molecule has 134 valence electrons. The van der Waals surface area contributed by atoms with E-state index >= 15 is 0 Å². The van der Waals surface area contributed by atoms with Crippen molar-refractivity contribution in [1.29, 1.82) is 0 Å². The second-order valence-electron chi connectivity index (χ2n) is 5.36. The Hall–Kier alpha value is -2.12. The summed E-state index contributed by atoms with van der Waals surface area (Å²) in [6.45, 7) is 5.39. The average molecular weight is 381 g/mol. The molecule has 0 aliphatic carbocycles. The molecule has 1 aromatic heterocycles. The molecule has 0 atom stereocenters. The van der Waals surface area contributed by atoms with Crippen LogP contribution < -0.4 is 5.32 Å². The molecule has 6 nitrogen and oxygen atoms in total. The van der Waals surface area contributed by atoms with Crippen LogP contribution in [0.3, 0.4) is 0 Å². The Kier molecular flexibility index (Phi) is 6.78. The molecule has 0 unspecified atom stereocenters. The zero-order chi connectivity index (χ0) is 18.4. The molecule has 0 amide bonds. The van der Waals surface area contributed by atoms with Crippen molar-refractivity contribution in [2.75, 3.05) is 19.0 Å². The van der Waals surface area contributed by atoms with Crippen LogP contribution in [0.25, 0.3) is 0 Å². The summed E-state index contributed by atoms with van der Waals surface area (Å²) < 4.78 is 6.75. The number of nitrogens with one attached hydrogen (secondary N) is 1. The summed E-state index contributed by atoms with van der Waals surface area (Å²) in [6, 6.07) is 6.96. The van der Waals surface area contributed by atoms with Crippen LogP contribution in [0.2, 0.25) is 5.02 Å². The number of benzene rings is 1. The largest absolute Gasteiger partial charge is 0.462 e. The molecule has 0 saturated carbocycles. The van der Waals surface area contributed by atoms with Gasteiger partial charge in [-0.15, -0.1) is 0 Å². The molecule has 2 aromatic rings. The molecule has 0 bridgehead atoms. The lowest BCUT2D eigenvalue weighted by Crippen LogP contribution is -2.30. The highest BCUT2D eigenvalue weighted by atomic mass is 35.5. The van der Waals surface area contributed by atoms with Crippen molar-refractivity contribution in [2.45, 2.75) is 26.9 Å². The van der Waals surface area contributed by atoms with Gasteiger partial charge in [-0.1, -0.05) is 11.6 Å². The van der Waals surface area contributed by atoms with Crippen LogP contribution in [0.5, 0.6) is 0 Å². The Bertz CT molecular complexity index is 746. The van der Waals surface area contributed by atoms with Crippen LogP contribution in [0, 0.1) is 0 Å². The zero-order valence-corrected chi connectivity index (χ0v) is 16.0. The zero-order valence-electron chi connectivity index (χ0n) is 14.5. The standard InChI is InChI=1S/C17H21ClN4O2S/c1-4-22-10-14(18)15(20-22)11-21(3)17(25)19-13-8-6-12(7-9-13)16(23)24-5-2/h6-10H,4-5,11H2,1-3H3,(H,19,25). The van der Waals surface area contributed by atoms with Crippen molar-refractivity contribution in [3.63, 3.8) is 0 Å². The first-order chi connectivity index (χ1) is 11.9. The Labute approximate surface area is 157 Å². The van der Waals surface area contributed by atoms with E-state index in [2.05, 4.69) is 10.4 Å². The Morgan fingerprint density at radius 2 is 2.04 bits per heavy atom. The van der Waals surface area contributed by atoms with Gasteiger partial charge in [-0.25, -0.2) is 4.79 Å². The van der Waals surface area contributed by atoms with E-state index in [1.54, 1.807) is 42.1 Å². The molecule has 0 fully saturated rings. The normalized spacial score (nSPS) is 10.4. The molecule has 0 spiro atoms. The Morgan fingerprint density at radius 1 is 1.36 bits per heavy atom. The number of ether oxygens (including phenoxy) is 1. The van der Waals surface area contributed by atoms with Crippen molar-refractivity contribution >= 4 is 40.6 Å². The van der Waals surface area contributed by atoms with Crippen LogP contribution in [-0.2, 0) is 17.8 Å². The maximum Gasteiger partial charge on any atom is 0.338 e. The maximum atomic E-state index is 11.7. The average Bonchev–Trinajstić information content (AvgIpc) is 2.95. The number of anilines is 1. The van der Waals surface area contributed by atoms with Crippen LogP contribution >= 0.6 is 23.8 Å². The van der Waals surface area contributed by atoms with E-state index in [9.17, 15) is 4.79 Å². The van der Waals surface area contributed by atoms with Gasteiger partial charge in [-0.2, -0.15) is 5.10 Å². The van der Waals surface area contributed by atoms with E-state index in [-0.39, 0.29) is 5.97 Å². The number of halogens is 1. The SMILES string of the molecule is CCOC(=O)c1ccc(NC(=S)N(C)Cc2nn(CC)cc2Cl)cc1. The lowest BCUT2D eigenvalue weighted by Gasteiger charge is -2.20. The van der Waals surface area contributed by atoms with Crippen LogP contribution in [0.4, 0.5) is 5.69 Å². The number of aromatic nitrogens is 2. The first kappa shape index (κ1) is 19.2. The second kappa shape index (κ2) is 8.82. The van der Waals surface area contributed by atoms with Crippen molar-refractivity contribution in [3.8, 4) is 0 Å². The quantitative estimate of drug-likeness (QED) is 0.610. The van der Waals surface area contributed by atoms with Gasteiger partial charge in [0.1, 0.15) is 5.69 Å². The van der Waals surface area contributed by atoms with Gasteiger partial charge in [-0.05, 0) is 50.3 Å². The highest BCUT2D eigenvalue weighted by molar-refractivity contribution is 7.80. The maximum absolute atomic E-state index is 11.7. The molecule has 8 heteroatoms. The molecule has 1 heterocycles. The minimum atomic E-state index is -0.338. The summed E-state index contributed by atoms with van der Waals surface area (Å²) >= 11 is 11.6. The summed E-state index contributed by atoms with van der Waals surface area (Å²) in [5.41, 5.74) is 2.06. The van der Waals surface area contributed by atoms with Gasteiger partial charge in [0.25, 0.3) is 0 Å². The first-order valence-electron chi connectivity index (χ1n) is 7.95. The fraction of sp³-hybridized carbons (Fsp3) is 0.353. The molecular formula is C17H21ClN4O2S. The number of aryl methyl sites for hydroxylation is 1. The molecular weight excluding hydrogens is 360 g/mol. The number of esters is 1. The van der Waals surface area contributed by atoms with Gasteiger partial charge in [0, 0.05) is 25.5 Å². The van der Waals surface area contributed by atoms with E-state index in [0.717, 1.165) is 17.9 Å². The number of carbonyl (C=O) groups excluding carboxylic acids is 1. The van der Waals surface area contributed by atoms with Crippen molar-refractivity contribution in [1.82, 2.24) is 14.7 Å². The fourth-order valence-corrected chi connectivity index (χ4v) is 2.52. The van der Waals surface area contributed by atoms with E-state index in [1.165, 1.54) is 0 Å². The van der Waals surface area contributed by atoms with Gasteiger partial charge < -0.3 is 15.0 Å². The molecule has 0 aliphatic heterocycles. The molecule has 1 aromatic carbocycles. The van der Waals surface area contributed by atoms with E-state index in [1.807, 2.05) is 18.9 Å². The third-order valence-corrected chi connectivity index (χ3v) is 4.22. The second-order valence-corrected chi connectivity index (χ2v) is 6.16. The topological polar surface area (TPSA) is 59.4 Å². The number of hydrogen-bond donors (Lipinski definition) is 1. The lowest BCUT2D eigenvalue weighted by molar-refractivity contribution is 0.0526. The smallest absolute Gasteiger partial charge is 0.338 e. The fourth-order valence-electron chi connectivity index (χ4n) is 2.13. The van der Waals surface area contributed by atoms with Crippen LogP contribution in [0.1, 0.15) is 29.9 Å². The molecule has 0 aliphatic rings. The van der Waals surface area contributed by atoms with E-state index in [4.69, 9.17) is 28.6 Å². The number of carbonyl (C=O) groups is 1. The summed E-state index contributed by atoms with van der Waals surface area (Å²) in [6.07, 6.45) is 1.80. The monoisotopic (exact) mass is 380 g/mol. The molecule has 25 heavy (non-hydrogen) atoms. The summed E-state index contributed by atoms with van der Waals surface area (Å²) in [4.78, 5) is 13.5. The Morgan fingerprint density at radius 3 is 2.60 bits per heavy atom. The van der Waals surface area contributed by atoms with Crippen LogP contribution in [-0.4, -0.2) is 39.4 Å². The highest BCUT2D eigenvalue weighted by Gasteiger charge is 2.12. The lowest BCUT2D eigenvalue weighted by atomic mass is 10.2. The van der Waals surface area contributed by atoms with Crippen LogP contribution in [0.15, 0.2) is 30.5 Å². The van der Waals surface area contributed by atoms with Crippen molar-refractivity contribution in [2.24, 2.45) is 0 Å². The molecule has 1 N–H and O–H groups in total. The molecule has 0 radical (unpaired) electrons. The summed E-state index contributed by atoms with van der Waals surface area (Å²) in [5, 5.41) is 8.69. The predicted octanol–water partition coefficient (Wildman–Crippen LogP) is 3.56. The molecule has 2 rings (SSSR count). The van der Waals surface area contributed by atoms with Gasteiger partial charge in [0.15, 0.2) is 5.11 Å². The number of thiocarbonyl (C=S) groups is 1. The number of hydrogen-bond acceptors (Lipinski definition) is 4. The van der Waals surface area contributed by atoms with Gasteiger partial charge in [0.2, 0.25) is 0 Å². The van der Waals surface area contributed by atoms with Gasteiger partial charge in [0.05, 0.1) is 23.7 Å². The van der Waals surface area contributed by atoms with E-state index < -0.39 is 0 Å². The van der Waals surface area contributed by atoms with E-state index in [0.29, 0.717) is 28.9 Å². The third-order valence-electron chi connectivity index (χ3n) is 3.49. The van der Waals surface area contributed by atoms with Crippen molar-refractivity contribution in [3.05, 3.63) is 46.7 Å². The summed E-state index contributed by atoms with van der Waals surface area (Å²) in [5.74, 6) is -0.338. The first-order valence-corrected chi connectivity index (χ1v) is 8.74. The Balaban J connectivity index is 1.96. The third kappa shape index (κ3) is 5.17. The van der Waals surface area contributed by atoms with Crippen molar-refractivity contribution < 1.29 is 9.53 Å². The minimum absolute atomic E-state index is 0.338. The minimum Gasteiger partial charge on any atom is -0.462 e. The number of nitrogens with zero attached hydrogens (tertiary/aromatic N) is 3. The number of rotatable bonds is 6.